The van der Waals surface area contributed by atoms with Gasteiger partial charge in [0.15, 0.2) is 0 Å². The number of rotatable bonds is 7. The molecule has 0 saturated heterocycles. The fourth-order valence-electron chi connectivity index (χ4n) is 3.53. The van der Waals surface area contributed by atoms with Gasteiger partial charge in [0.2, 0.25) is 5.91 Å². The van der Waals surface area contributed by atoms with E-state index >= 15 is 0 Å². The van der Waals surface area contributed by atoms with Crippen LogP contribution in [0.1, 0.15) is 15.9 Å². The molecule has 0 aliphatic rings. The lowest BCUT2D eigenvalue weighted by molar-refractivity contribution is -0.137. The largest absolute Gasteiger partial charge is 0.416 e. The van der Waals surface area contributed by atoms with Crippen LogP contribution >= 0.6 is 0 Å². The summed E-state index contributed by atoms with van der Waals surface area (Å²) in [6.45, 7) is -0.671. The smallest absolute Gasteiger partial charge is 0.394 e. The van der Waals surface area contributed by atoms with Gasteiger partial charge in [0.1, 0.15) is 6.04 Å². The van der Waals surface area contributed by atoms with E-state index in [1.54, 1.807) is 42.6 Å². The molecule has 0 aliphatic carbocycles. The Balaban J connectivity index is 1.48. The molecule has 0 fully saturated rings. The van der Waals surface area contributed by atoms with E-state index in [1.165, 1.54) is 24.3 Å². The number of aliphatic hydroxyl groups is 1. The van der Waals surface area contributed by atoms with Crippen LogP contribution in [0.2, 0.25) is 0 Å². The van der Waals surface area contributed by atoms with Crippen LogP contribution in [0.4, 0.5) is 30.2 Å². The van der Waals surface area contributed by atoms with E-state index in [0.717, 1.165) is 23.0 Å². The van der Waals surface area contributed by atoms with Crippen LogP contribution in [0.15, 0.2) is 85.1 Å². The summed E-state index contributed by atoms with van der Waals surface area (Å²) in [4.78, 5) is 29.9. The minimum absolute atomic E-state index is 0.0814. The number of pyridine rings is 1. The molecule has 36 heavy (non-hydrogen) atoms. The van der Waals surface area contributed by atoms with Crippen molar-refractivity contribution < 1.29 is 27.9 Å². The molecule has 1 atom stereocenters. The van der Waals surface area contributed by atoms with Gasteiger partial charge in [0.25, 0.3) is 5.91 Å². The fraction of sp³-hybridized carbons (Fsp3) is 0.115. The van der Waals surface area contributed by atoms with E-state index in [1.807, 2.05) is 6.07 Å². The van der Waals surface area contributed by atoms with E-state index < -0.39 is 36.2 Å². The van der Waals surface area contributed by atoms with Crippen molar-refractivity contribution in [3.8, 4) is 0 Å². The lowest BCUT2D eigenvalue weighted by Crippen LogP contribution is -2.46. The van der Waals surface area contributed by atoms with Gasteiger partial charge in [-0.15, -0.1) is 0 Å². The summed E-state index contributed by atoms with van der Waals surface area (Å²) >= 11 is 0. The van der Waals surface area contributed by atoms with Gasteiger partial charge in [-0.1, -0.05) is 24.3 Å². The molecule has 7 nitrogen and oxygen atoms in total. The molecule has 184 valence electrons. The minimum Gasteiger partial charge on any atom is -0.394 e. The van der Waals surface area contributed by atoms with Crippen molar-refractivity contribution in [3.05, 3.63) is 96.2 Å². The van der Waals surface area contributed by atoms with Crippen LogP contribution in [0, 0.1) is 0 Å². The van der Waals surface area contributed by atoms with Gasteiger partial charge in [0.05, 0.1) is 28.9 Å². The summed E-state index contributed by atoms with van der Waals surface area (Å²) < 4.78 is 39.1. The number of aliphatic hydroxyl groups excluding tert-OH is 1. The number of benzene rings is 3. The molecule has 1 aromatic heterocycles. The Kier molecular flexibility index (Phi) is 7.16. The first kappa shape index (κ1) is 24.7. The third-order valence-electron chi connectivity index (χ3n) is 5.32. The van der Waals surface area contributed by atoms with Gasteiger partial charge >= 0.3 is 6.18 Å². The van der Waals surface area contributed by atoms with Crippen LogP contribution in [0.5, 0.6) is 0 Å². The average molecular weight is 494 g/mol. The SMILES string of the molecule is O=C(NC(CO)C(=O)Nc1ccc2ncccc2c1)c1ccccc1Nc1cccc(C(F)(F)F)c1. The number of para-hydroxylation sites is 1. The quantitative estimate of drug-likeness (QED) is 0.298. The zero-order valence-electron chi connectivity index (χ0n) is 18.7. The number of aromatic nitrogens is 1. The second kappa shape index (κ2) is 10.4. The lowest BCUT2D eigenvalue weighted by atomic mass is 10.1. The Labute approximate surface area is 204 Å². The Morgan fingerprint density at radius 3 is 2.50 bits per heavy atom. The predicted octanol–water partition coefficient (Wildman–Crippen LogP) is 4.73. The van der Waals surface area contributed by atoms with Gasteiger partial charge in [-0.2, -0.15) is 13.2 Å². The number of anilines is 3. The number of carbonyl (C=O) groups excluding carboxylic acids is 2. The summed E-state index contributed by atoms with van der Waals surface area (Å²) in [7, 11) is 0. The molecule has 4 aromatic rings. The van der Waals surface area contributed by atoms with Crippen LogP contribution in [-0.4, -0.2) is 34.6 Å². The summed E-state index contributed by atoms with van der Waals surface area (Å²) in [6.07, 6.45) is -2.87. The van der Waals surface area contributed by atoms with Gasteiger partial charge in [-0.05, 0) is 54.6 Å². The molecule has 3 aromatic carbocycles. The van der Waals surface area contributed by atoms with E-state index in [9.17, 15) is 27.9 Å². The Bertz CT molecular complexity index is 1410. The molecule has 1 unspecified atom stereocenters. The first-order valence-corrected chi connectivity index (χ1v) is 10.9. The van der Waals surface area contributed by atoms with E-state index in [4.69, 9.17) is 0 Å². The zero-order valence-corrected chi connectivity index (χ0v) is 18.7. The first-order chi connectivity index (χ1) is 17.2. The number of alkyl halides is 3. The molecule has 0 spiro atoms. The van der Waals surface area contributed by atoms with E-state index in [2.05, 4.69) is 20.9 Å². The Morgan fingerprint density at radius 2 is 1.72 bits per heavy atom. The third kappa shape index (κ3) is 5.78. The number of carbonyl (C=O) groups is 2. The number of nitrogens with zero attached hydrogens (tertiary/aromatic N) is 1. The number of hydrogen-bond donors (Lipinski definition) is 4. The van der Waals surface area contributed by atoms with Crippen molar-refractivity contribution in [1.82, 2.24) is 10.3 Å². The third-order valence-corrected chi connectivity index (χ3v) is 5.32. The van der Waals surface area contributed by atoms with Crippen LogP contribution in [0.25, 0.3) is 10.9 Å². The summed E-state index contributed by atoms with van der Waals surface area (Å²) in [5.74, 6) is -1.33. The molecule has 0 saturated carbocycles. The highest BCUT2D eigenvalue weighted by atomic mass is 19.4. The molecular formula is C26H21F3N4O3. The number of fused-ring (bicyclic) bond motifs is 1. The summed E-state index contributed by atoms with van der Waals surface area (Å²) in [6, 6.07) is 18.1. The Morgan fingerprint density at radius 1 is 0.917 bits per heavy atom. The Hall–Kier alpha value is -4.44. The molecule has 0 aliphatic heterocycles. The van der Waals surface area contributed by atoms with Crippen LogP contribution < -0.4 is 16.0 Å². The molecule has 0 bridgehead atoms. The molecule has 4 N–H and O–H groups in total. The summed E-state index contributed by atoms with van der Waals surface area (Å²) in [5.41, 5.74) is 0.807. The molecular weight excluding hydrogens is 473 g/mol. The highest BCUT2D eigenvalue weighted by Gasteiger charge is 2.30. The first-order valence-electron chi connectivity index (χ1n) is 10.9. The molecule has 2 amide bonds. The minimum atomic E-state index is -4.52. The average Bonchev–Trinajstić information content (AvgIpc) is 2.87. The zero-order chi connectivity index (χ0) is 25.7. The summed E-state index contributed by atoms with van der Waals surface area (Å²) in [5, 5.41) is 18.5. The van der Waals surface area contributed by atoms with Gasteiger partial charge in [0, 0.05) is 23.0 Å². The van der Waals surface area contributed by atoms with Crippen molar-refractivity contribution >= 4 is 39.8 Å². The maximum absolute atomic E-state index is 13.0. The number of halogens is 3. The number of nitrogens with one attached hydrogen (secondary N) is 3. The second-order valence-corrected chi connectivity index (χ2v) is 7.86. The van der Waals surface area contributed by atoms with Gasteiger partial charge < -0.3 is 21.1 Å². The monoisotopic (exact) mass is 494 g/mol. The van der Waals surface area contributed by atoms with E-state index in [-0.39, 0.29) is 16.9 Å². The second-order valence-electron chi connectivity index (χ2n) is 7.86. The fourth-order valence-corrected chi connectivity index (χ4v) is 3.53. The van der Waals surface area contributed by atoms with Crippen LogP contribution in [-0.2, 0) is 11.0 Å². The molecule has 0 radical (unpaired) electrons. The van der Waals surface area contributed by atoms with Crippen molar-refractivity contribution in [1.29, 1.82) is 0 Å². The highest BCUT2D eigenvalue weighted by molar-refractivity contribution is 6.04. The maximum atomic E-state index is 13.0. The maximum Gasteiger partial charge on any atom is 0.416 e. The molecule has 10 heteroatoms. The topological polar surface area (TPSA) is 103 Å². The standard InChI is InChI=1S/C26H21F3N4O3/c27-26(28,29)17-6-3-7-18(14-17)31-22-9-2-1-8-20(22)24(35)33-23(15-34)25(36)32-19-10-11-21-16(13-19)5-4-12-30-21/h1-14,23,31,34H,15H2,(H,32,36)(H,33,35). The van der Waals surface area contributed by atoms with Crippen molar-refractivity contribution in [2.45, 2.75) is 12.2 Å². The van der Waals surface area contributed by atoms with Crippen LogP contribution in [0.3, 0.4) is 0 Å². The van der Waals surface area contributed by atoms with E-state index in [0.29, 0.717) is 5.69 Å². The molecule has 1 heterocycles. The van der Waals surface area contributed by atoms with Crippen molar-refractivity contribution in [2.75, 3.05) is 17.2 Å². The highest BCUT2D eigenvalue weighted by Crippen LogP contribution is 2.32. The van der Waals surface area contributed by atoms with Gasteiger partial charge in [-0.25, -0.2) is 0 Å². The number of amides is 2. The number of hydrogen-bond acceptors (Lipinski definition) is 5. The normalized spacial score (nSPS) is 12.1. The molecule has 4 rings (SSSR count). The van der Waals surface area contributed by atoms with Crippen molar-refractivity contribution in [2.24, 2.45) is 0 Å². The lowest BCUT2D eigenvalue weighted by Gasteiger charge is -2.18. The van der Waals surface area contributed by atoms with Crippen molar-refractivity contribution in [3.63, 3.8) is 0 Å². The predicted molar refractivity (Wildman–Crippen MR) is 130 cm³/mol. The van der Waals surface area contributed by atoms with Gasteiger partial charge in [-0.3, -0.25) is 14.6 Å².